The molecule has 1 amide bonds. The van der Waals surface area contributed by atoms with Crippen molar-refractivity contribution in [2.45, 2.75) is 31.2 Å². The largest absolute Gasteiger partial charge is 0.388 e. The number of benzene rings is 1. The number of carbonyl (C=O) groups is 1. The van der Waals surface area contributed by atoms with Gasteiger partial charge in [-0.05, 0) is 38.1 Å². The van der Waals surface area contributed by atoms with E-state index in [4.69, 9.17) is 0 Å². The summed E-state index contributed by atoms with van der Waals surface area (Å²) in [6.07, 6.45) is 0.117. The van der Waals surface area contributed by atoms with Gasteiger partial charge in [0.2, 0.25) is 15.9 Å². The molecule has 1 aromatic carbocycles. The maximum atomic E-state index is 12.0. The Labute approximate surface area is 120 Å². The number of sulfonamides is 1. The smallest absolute Gasteiger partial charge is 0.240 e. The van der Waals surface area contributed by atoms with Crippen molar-refractivity contribution in [3.05, 3.63) is 24.3 Å². The Morgan fingerprint density at radius 3 is 2.30 bits per heavy atom. The zero-order chi connectivity index (χ0) is 15.2. The van der Waals surface area contributed by atoms with E-state index in [1.54, 1.807) is 19.2 Å². The van der Waals surface area contributed by atoms with Crippen LogP contribution in [0.1, 0.15) is 20.3 Å². The third-order valence-corrected chi connectivity index (χ3v) is 4.02. The molecular weight excluding hydrogens is 278 g/mol. The molecule has 0 spiro atoms. The zero-order valence-corrected chi connectivity index (χ0v) is 12.8. The lowest BCUT2D eigenvalue weighted by Gasteiger charge is -2.09. The number of anilines is 1. The van der Waals surface area contributed by atoms with Gasteiger partial charge in [0.25, 0.3) is 0 Å². The number of nitrogens with one attached hydrogen (secondary N) is 3. The van der Waals surface area contributed by atoms with Gasteiger partial charge in [-0.25, -0.2) is 13.1 Å². The molecule has 20 heavy (non-hydrogen) atoms. The first kappa shape index (κ1) is 16.5. The second kappa shape index (κ2) is 7.25. The van der Waals surface area contributed by atoms with E-state index in [9.17, 15) is 13.2 Å². The van der Waals surface area contributed by atoms with E-state index in [1.807, 2.05) is 13.8 Å². The minimum absolute atomic E-state index is 0.0493. The van der Waals surface area contributed by atoms with Gasteiger partial charge in [-0.1, -0.05) is 0 Å². The predicted octanol–water partition coefficient (Wildman–Crippen LogP) is 0.921. The molecule has 0 aliphatic carbocycles. The molecule has 1 aromatic rings. The van der Waals surface area contributed by atoms with Crippen LogP contribution in [0.5, 0.6) is 0 Å². The summed E-state index contributed by atoms with van der Waals surface area (Å²) in [5.74, 6) is -0.173. The Balaban J connectivity index is 2.55. The van der Waals surface area contributed by atoms with Crippen LogP contribution in [0.15, 0.2) is 29.2 Å². The van der Waals surface area contributed by atoms with Gasteiger partial charge in [-0.15, -0.1) is 0 Å². The molecule has 0 aromatic heterocycles. The lowest BCUT2D eigenvalue weighted by molar-refractivity contribution is -0.121. The van der Waals surface area contributed by atoms with Gasteiger partial charge in [-0.2, -0.15) is 0 Å². The molecule has 0 bridgehead atoms. The number of hydrogen-bond acceptors (Lipinski definition) is 4. The van der Waals surface area contributed by atoms with Crippen molar-refractivity contribution in [2.75, 3.05) is 18.9 Å². The molecule has 0 unspecified atom stereocenters. The fraction of sp³-hybridized carbons (Fsp3) is 0.462. The molecule has 0 saturated carbocycles. The van der Waals surface area contributed by atoms with Crippen LogP contribution in [0.2, 0.25) is 0 Å². The van der Waals surface area contributed by atoms with E-state index < -0.39 is 10.0 Å². The predicted molar refractivity (Wildman–Crippen MR) is 79.1 cm³/mol. The number of hydrogen-bond donors (Lipinski definition) is 3. The first-order valence-corrected chi connectivity index (χ1v) is 7.90. The Morgan fingerprint density at radius 1 is 1.20 bits per heavy atom. The first-order chi connectivity index (χ1) is 9.35. The number of carbonyl (C=O) groups excluding carboxylic acids is 1. The van der Waals surface area contributed by atoms with Crippen LogP contribution < -0.4 is 15.4 Å². The SMILES string of the molecule is CNc1ccc(S(=O)(=O)NCCC(=O)NC(C)C)cc1. The molecule has 0 heterocycles. The molecule has 112 valence electrons. The summed E-state index contributed by atoms with van der Waals surface area (Å²) in [6.45, 7) is 3.78. The lowest BCUT2D eigenvalue weighted by Crippen LogP contribution is -2.34. The molecule has 0 fully saturated rings. The standard InChI is InChI=1S/C13H21N3O3S/c1-10(2)16-13(17)8-9-15-20(18,19)12-6-4-11(14-3)5-7-12/h4-7,10,14-15H,8-9H2,1-3H3,(H,16,17). The topological polar surface area (TPSA) is 87.3 Å². The molecular formula is C13H21N3O3S. The summed E-state index contributed by atoms with van der Waals surface area (Å²) in [6, 6.07) is 6.44. The molecule has 6 nitrogen and oxygen atoms in total. The van der Waals surface area contributed by atoms with Crippen molar-refractivity contribution in [3.63, 3.8) is 0 Å². The average molecular weight is 299 g/mol. The normalized spacial score (nSPS) is 11.4. The summed E-state index contributed by atoms with van der Waals surface area (Å²) < 4.78 is 26.4. The third-order valence-electron chi connectivity index (χ3n) is 2.55. The van der Waals surface area contributed by atoms with Crippen molar-refractivity contribution in [3.8, 4) is 0 Å². The van der Waals surface area contributed by atoms with E-state index in [-0.39, 0.29) is 29.8 Å². The zero-order valence-electron chi connectivity index (χ0n) is 11.9. The fourth-order valence-electron chi connectivity index (χ4n) is 1.58. The maximum absolute atomic E-state index is 12.0. The van der Waals surface area contributed by atoms with Gasteiger partial charge >= 0.3 is 0 Å². The minimum Gasteiger partial charge on any atom is -0.388 e. The number of rotatable bonds is 7. The van der Waals surface area contributed by atoms with Gasteiger partial charge in [-0.3, -0.25) is 4.79 Å². The van der Waals surface area contributed by atoms with E-state index in [1.165, 1.54) is 12.1 Å². The van der Waals surface area contributed by atoms with Crippen molar-refractivity contribution < 1.29 is 13.2 Å². The molecule has 0 radical (unpaired) electrons. The lowest BCUT2D eigenvalue weighted by atomic mass is 10.3. The van der Waals surface area contributed by atoms with E-state index in [0.29, 0.717) is 0 Å². The number of amides is 1. The van der Waals surface area contributed by atoms with Gasteiger partial charge < -0.3 is 10.6 Å². The highest BCUT2D eigenvalue weighted by atomic mass is 32.2. The third kappa shape index (κ3) is 5.18. The summed E-state index contributed by atoms with van der Waals surface area (Å²) in [5.41, 5.74) is 0.834. The summed E-state index contributed by atoms with van der Waals surface area (Å²) >= 11 is 0. The molecule has 3 N–H and O–H groups in total. The van der Waals surface area contributed by atoms with E-state index >= 15 is 0 Å². The van der Waals surface area contributed by atoms with Crippen molar-refractivity contribution in [1.82, 2.24) is 10.0 Å². The monoisotopic (exact) mass is 299 g/mol. The molecule has 0 aliphatic rings. The van der Waals surface area contributed by atoms with Crippen LogP contribution >= 0.6 is 0 Å². The Bertz CT molecular complexity index is 538. The van der Waals surface area contributed by atoms with Gasteiger partial charge in [0.05, 0.1) is 4.90 Å². The van der Waals surface area contributed by atoms with Crippen molar-refractivity contribution >= 4 is 21.6 Å². The fourth-order valence-corrected chi connectivity index (χ4v) is 2.61. The van der Waals surface area contributed by atoms with Crippen LogP contribution in [0.3, 0.4) is 0 Å². The van der Waals surface area contributed by atoms with E-state index in [0.717, 1.165) is 5.69 Å². The van der Waals surface area contributed by atoms with E-state index in [2.05, 4.69) is 15.4 Å². The minimum atomic E-state index is -3.57. The molecule has 7 heteroatoms. The second-order valence-corrected chi connectivity index (χ2v) is 6.41. The van der Waals surface area contributed by atoms with Gasteiger partial charge in [0.1, 0.15) is 0 Å². The molecule has 0 atom stereocenters. The second-order valence-electron chi connectivity index (χ2n) is 4.64. The summed E-state index contributed by atoms with van der Waals surface area (Å²) in [7, 11) is -1.81. The Morgan fingerprint density at radius 2 is 1.80 bits per heavy atom. The quantitative estimate of drug-likeness (QED) is 0.699. The molecule has 1 rings (SSSR count). The summed E-state index contributed by atoms with van der Waals surface area (Å²) in [4.78, 5) is 11.6. The van der Waals surface area contributed by atoms with Gasteiger partial charge in [0.15, 0.2) is 0 Å². The highest BCUT2D eigenvalue weighted by Crippen LogP contribution is 2.13. The van der Waals surface area contributed by atoms with Crippen LogP contribution in [0, 0.1) is 0 Å². The first-order valence-electron chi connectivity index (χ1n) is 6.42. The van der Waals surface area contributed by atoms with Crippen LogP contribution in [-0.2, 0) is 14.8 Å². The molecule has 0 aliphatic heterocycles. The Kier molecular flexibility index (Phi) is 5.97. The van der Waals surface area contributed by atoms with Crippen molar-refractivity contribution in [2.24, 2.45) is 0 Å². The van der Waals surface area contributed by atoms with Crippen molar-refractivity contribution in [1.29, 1.82) is 0 Å². The van der Waals surface area contributed by atoms with Crippen LogP contribution in [0.25, 0.3) is 0 Å². The highest BCUT2D eigenvalue weighted by Gasteiger charge is 2.14. The maximum Gasteiger partial charge on any atom is 0.240 e. The Hall–Kier alpha value is -1.60. The highest BCUT2D eigenvalue weighted by molar-refractivity contribution is 7.89. The average Bonchev–Trinajstić information content (AvgIpc) is 2.37. The van der Waals surface area contributed by atoms with Gasteiger partial charge in [0, 0.05) is 31.7 Å². The van der Waals surface area contributed by atoms with Crippen LogP contribution in [-0.4, -0.2) is 34.0 Å². The molecule has 0 saturated heterocycles. The summed E-state index contributed by atoms with van der Waals surface area (Å²) in [5, 5.41) is 5.62. The van der Waals surface area contributed by atoms with Crippen LogP contribution in [0.4, 0.5) is 5.69 Å².